The van der Waals surface area contributed by atoms with Gasteiger partial charge in [-0.25, -0.2) is 0 Å². The highest BCUT2D eigenvalue weighted by atomic mass is 32.1. The zero-order chi connectivity index (χ0) is 20.6. The minimum absolute atomic E-state index is 0.0796. The molecule has 1 saturated carbocycles. The smallest absolute Gasteiger partial charge is 0.230 e. The Labute approximate surface area is 177 Å². The average molecular weight is 410 g/mol. The lowest BCUT2D eigenvalue weighted by atomic mass is 9.88. The van der Waals surface area contributed by atoms with Crippen LogP contribution in [0.25, 0.3) is 0 Å². The van der Waals surface area contributed by atoms with E-state index in [-0.39, 0.29) is 29.3 Å². The van der Waals surface area contributed by atoms with E-state index in [4.69, 9.17) is 12.2 Å². The normalized spacial score (nSPS) is 14.1. The number of benzene rings is 2. The van der Waals surface area contributed by atoms with Crippen molar-refractivity contribution in [3.63, 3.8) is 0 Å². The van der Waals surface area contributed by atoms with E-state index in [0.29, 0.717) is 5.69 Å². The summed E-state index contributed by atoms with van der Waals surface area (Å²) in [5.74, 6) is 0.0108. The van der Waals surface area contributed by atoms with Gasteiger partial charge in [0.05, 0.1) is 6.42 Å². The molecular formula is C23H27N3O2S. The summed E-state index contributed by atoms with van der Waals surface area (Å²) in [4.78, 5) is 24.7. The number of carbonyl (C=O) groups is 2. The van der Waals surface area contributed by atoms with Gasteiger partial charge in [0.25, 0.3) is 0 Å². The van der Waals surface area contributed by atoms with E-state index >= 15 is 0 Å². The fraction of sp³-hybridized carbons (Fsp3) is 0.348. The van der Waals surface area contributed by atoms with E-state index in [1.54, 1.807) is 0 Å². The fourth-order valence-corrected chi connectivity index (χ4v) is 3.83. The van der Waals surface area contributed by atoms with Crippen LogP contribution in [0.3, 0.4) is 0 Å². The van der Waals surface area contributed by atoms with Crippen molar-refractivity contribution in [1.82, 2.24) is 5.32 Å². The number of hydrogen-bond acceptors (Lipinski definition) is 3. The van der Waals surface area contributed by atoms with Crippen molar-refractivity contribution in [3.05, 3.63) is 59.7 Å². The first kappa shape index (κ1) is 21.0. The third-order valence-corrected chi connectivity index (χ3v) is 5.43. The van der Waals surface area contributed by atoms with Crippen LogP contribution in [0.4, 0.5) is 11.4 Å². The van der Waals surface area contributed by atoms with E-state index < -0.39 is 0 Å². The second-order valence-corrected chi connectivity index (χ2v) is 7.92. The molecule has 152 valence electrons. The predicted molar refractivity (Wildman–Crippen MR) is 121 cm³/mol. The van der Waals surface area contributed by atoms with E-state index in [0.717, 1.165) is 42.5 Å². The molecule has 1 aliphatic carbocycles. The summed E-state index contributed by atoms with van der Waals surface area (Å²) in [5, 5.41) is 8.96. The number of anilines is 2. The summed E-state index contributed by atoms with van der Waals surface area (Å²) >= 11 is 5.26. The van der Waals surface area contributed by atoms with Gasteiger partial charge in [-0.3, -0.25) is 9.59 Å². The predicted octanol–water partition coefficient (Wildman–Crippen LogP) is 4.57. The minimum atomic E-state index is -0.168. The van der Waals surface area contributed by atoms with Gasteiger partial charge in [-0.05, 0) is 61.3 Å². The van der Waals surface area contributed by atoms with Gasteiger partial charge in [0, 0.05) is 17.3 Å². The largest absolute Gasteiger partial charge is 0.332 e. The molecule has 2 aromatic rings. The van der Waals surface area contributed by atoms with Crippen molar-refractivity contribution in [3.8, 4) is 0 Å². The third kappa shape index (κ3) is 6.39. The number of rotatable bonds is 5. The Bertz CT molecular complexity index is 891. The molecule has 0 saturated heterocycles. The van der Waals surface area contributed by atoms with E-state index in [2.05, 4.69) is 16.0 Å². The molecule has 0 aromatic heterocycles. The van der Waals surface area contributed by atoms with Crippen LogP contribution in [-0.4, -0.2) is 16.9 Å². The first-order valence-corrected chi connectivity index (χ1v) is 10.5. The van der Waals surface area contributed by atoms with Gasteiger partial charge < -0.3 is 16.0 Å². The minimum Gasteiger partial charge on any atom is -0.332 e. The highest BCUT2D eigenvalue weighted by Crippen LogP contribution is 2.25. The second-order valence-electron chi connectivity index (χ2n) is 7.51. The summed E-state index contributed by atoms with van der Waals surface area (Å²) in [6, 6.07) is 15.1. The lowest BCUT2D eigenvalue weighted by Crippen LogP contribution is -2.35. The van der Waals surface area contributed by atoms with Gasteiger partial charge in [0.15, 0.2) is 5.11 Å². The maximum absolute atomic E-state index is 12.4. The first-order valence-electron chi connectivity index (χ1n) is 10.1. The van der Waals surface area contributed by atoms with Crippen molar-refractivity contribution < 1.29 is 9.59 Å². The van der Waals surface area contributed by atoms with E-state index in [1.165, 1.54) is 6.42 Å². The van der Waals surface area contributed by atoms with Crippen LogP contribution in [-0.2, 0) is 16.0 Å². The lowest BCUT2D eigenvalue weighted by Gasteiger charge is -2.21. The number of amides is 2. The van der Waals surface area contributed by atoms with Crippen molar-refractivity contribution in [2.75, 3.05) is 10.6 Å². The topological polar surface area (TPSA) is 70.2 Å². The number of carbonyl (C=O) groups excluding carboxylic acids is 2. The molecule has 1 aliphatic rings. The Morgan fingerprint density at radius 2 is 1.66 bits per heavy atom. The highest BCUT2D eigenvalue weighted by Gasteiger charge is 2.21. The molecule has 3 rings (SSSR count). The summed E-state index contributed by atoms with van der Waals surface area (Å²) < 4.78 is 0. The standard InChI is InChI=1S/C23H27N3O2S/c1-16-8-5-6-11-18(16)14-21(27)26-23(29)25-20-13-7-12-19(15-20)24-22(28)17-9-3-2-4-10-17/h5-8,11-13,15,17H,2-4,9-10,14H2,1H3,(H,24,28)(H2,25,26,27,29). The molecule has 6 heteroatoms. The first-order chi connectivity index (χ1) is 14.0. The molecule has 0 spiro atoms. The highest BCUT2D eigenvalue weighted by molar-refractivity contribution is 7.80. The summed E-state index contributed by atoms with van der Waals surface area (Å²) in [6.45, 7) is 1.98. The monoisotopic (exact) mass is 409 g/mol. The molecule has 29 heavy (non-hydrogen) atoms. The quantitative estimate of drug-likeness (QED) is 0.633. The number of aryl methyl sites for hydroxylation is 1. The van der Waals surface area contributed by atoms with Crippen molar-refractivity contribution in [2.24, 2.45) is 5.92 Å². The Hall–Kier alpha value is -2.73. The summed E-state index contributed by atoms with van der Waals surface area (Å²) in [7, 11) is 0. The average Bonchev–Trinajstić information content (AvgIpc) is 2.70. The number of thiocarbonyl (C=S) groups is 1. The van der Waals surface area contributed by atoms with Gasteiger partial charge in [0.2, 0.25) is 11.8 Å². The Morgan fingerprint density at radius 3 is 2.38 bits per heavy atom. The Balaban J connectivity index is 1.52. The maximum Gasteiger partial charge on any atom is 0.230 e. The van der Waals surface area contributed by atoms with Crippen LogP contribution < -0.4 is 16.0 Å². The van der Waals surface area contributed by atoms with Crippen molar-refractivity contribution >= 4 is 40.5 Å². The van der Waals surface area contributed by atoms with Crippen LogP contribution in [0.2, 0.25) is 0 Å². The number of nitrogens with one attached hydrogen (secondary N) is 3. The zero-order valence-corrected chi connectivity index (χ0v) is 17.5. The molecule has 0 unspecified atom stereocenters. The van der Waals surface area contributed by atoms with Crippen molar-refractivity contribution in [2.45, 2.75) is 45.4 Å². The zero-order valence-electron chi connectivity index (χ0n) is 16.7. The van der Waals surface area contributed by atoms with Crippen LogP contribution in [0.1, 0.15) is 43.2 Å². The SMILES string of the molecule is Cc1ccccc1CC(=O)NC(=S)Nc1cccc(NC(=O)C2CCCCC2)c1. The molecule has 0 bridgehead atoms. The Kier molecular flexibility index (Phi) is 7.36. The molecule has 2 aromatic carbocycles. The third-order valence-electron chi connectivity index (χ3n) is 5.23. The maximum atomic E-state index is 12.4. The van der Waals surface area contributed by atoms with E-state index in [9.17, 15) is 9.59 Å². The van der Waals surface area contributed by atoms with Crippen molar-refractivity contribution in [1.29, 1.82) is 0 Å². The van der Waals surface area contributed by atoms with Gasteiger partial charge in [-0.1, -0.05) is 49.6 Å². The van der Waals surface area contributed by atoms with Crippen LogP contribution in [0.15, 0.2) is 48.5 Å². The molecule has 0 heterocycles. The van der Waals surface area contributed by atoms with E-state index in [1.807, 2.05) is 55.5 Å². The molecule has 2 amide bonds. The van der Waals surface area contributed by atoms with Gasteiger partial charge in [-0.2, -0.15) is 0 Å². The van der Waals surface area contributed by atoms with Crippen LogP contribution >= 0.6 is 12.2 Å². The van der Waals surface area contributed by atoms with Gasteiger partial charge in [-0.15, -0.1) is 0 Å². The Morgan fingerprint density at radius 1 is 0.966 bits per heavy atom. The van der Waals surface area contributed by atoms with Crippen LogP contribution in [0.5, 0.6) is 0 Å². The summed E-state index contributed by atoms with van der Waals surface area (Å²) in [5.41, 5.74) is 3.48. The lowest BCUT2D eigenvalue weighted by molar-refractivity contribution is -0.121. The molecule has 3 N–H and O–H groups in total. The van der Waals surface area contributed by atoms with Gasteiger partial charge >= 0.3 is 0 Å². The summed E-state index contributed by atoms with van der Waals surface area (Å²) in [6.07, 6.45) is 5.65. The van der Waals surface area contributed by atoms with Gasteiger partial charge in [0.1, 0.15) is 0 Å². The molecule has 1 fully saturated rings. The molecule has 0 atom stereocenters. The molecule has 0 aliphatic heterocycles. The second kappa shape index (κ2) is 10.2. The molecule has 5 nitrogen and oxygen atoms in total. The molecule has 0 radical (unpaired) electrons. The van der Waals surface area contributed by atoms with Crippen LogP contribution in [0, 0.1) is 12.8 Å². The number of hydrogen-bond donors (Lipinski definition) is 3. The fourth-order valence-electron chi connectivity index (χ4n) is 3.60. The molecular weight excluding hydrogens is 382 g/mol.